The molecule has 3 amide bonds. The topological polar surface area (TPSA) is 165 Å². The van der Waals surface area contributed by atoms with E-state index in [0.29, 0.717) is 97.0 Å². The molecular weight excluding hydrogens is 768 g/mol. The fourth-order valence-corrected chi connectivity index (χ4v) is 9.98. The lowest BCUT2D eigenvalue weighted by molar-refractivity contribution is -0.146. The van der Waals surface area contributed by atoms with Crippen molar-refractivity contribution in [3.05, 3.63) is 29.3 Å². The van der Waals surface area contributed by atoms with Crippen molar-refractivity contribution in [2.75, 3.05) is 52.6 Å². The van der Waals surface area contributed by atoms with E-state index < -0.39 is 47.6 Å². The Kier molecular flexibility index (Phi) is 12.4. The third-order valence-corrected chi connectivity index (χ3v) is 13.5. The molecule has 3 aliphatic carbocycles. The Bertz CT molecular complexity index is 1850. The van der Waals surface area contributed by atoms with Crippen LogP contribution in [0.4, 0.5) is 4.79 Å². The van der Waals surface area contributed by atoms with Crippen LogP contribution in [0.15, 0.2) is 24.3 Å². The van der Waals surface area contributed by atoms with Crippen LogP contribution in [0, 0.1) is 17.8 Å². The number of morpholine rings is 1. The minimum Gasteiger partial charge on any atom is -0.494 e. The number of carboxylic acid groups (broad SMARTS) is 1. The molecule has 6 aliphatic rings. The van der Waals surface area contributed by atoms with Crippen molar-refractivity contribution in [1.29, 1.82) is 0 Å². The van der Waals surface area contributed by atoms with Crippen molar-refractivity contribution in [2.24, 2.45) is 17.8 Å². The van der Waals surface area contributed by atoms with Gasteiger partial charge in [-0.05, 0) is 81.4 Å². The number of carbonyl (C=O) groups excluding carboxylic acids is 3. The Morgan fingerprint density at radius 1 is 0.948 bits per heavy atom. The number of carbonyl (C=O) groups is 4. The number of aliphatic carboxylic acids is 1. The van der Waals surface area contributed by atoms with Crippen molar-refractivity contribution >= 4 is 46.3 Å². The molecule has 316 valence electrons. The minimum absolute atomic E-state index is 0.0382. The van der Waals surface area contributed by atoms with Gasteiger partial charge in [-0.3, -0.25) is 14.5 Å². The van der Waals surface area contributed by atoms with Gasteiger partial charge in [-0.1, -0.05) is 43.7 Å². The van der Waals surface area contributed by atoms with Crippen LogP contribution < -0.4 is 24.8 Å². The third kappa shape index (κ3) is 9.08. The summed E-state index contributed by atoms with van der Waals surface area (Å²) in [7, 11) is 0. The van der Waals surface area contributed by atoms with Crippen LogP contribution >= 0.6 is 11.6 Å². The molecule has 14 nitrogen and oxygen atoms in total. The molecule has 1 unspecified atom stereocenters. The Balaban J connectivity index is 1.04. The average molecular weight is 825 g/mol. The highest BCUT2D eigenvalue weighted by Crippen LogP contribution is 2.52. The molecule has 0 bridgehead atoms. The first kappa shape index (κ1) is 40.8. The second-order valence-electron chi connectivity index (χ2n) is 17.1. The molecule has 3 aliphatic heterocycles. The molecule has 8 atom stereocenters. The molecule has 58 heavy (non-hydrogen) atoms. The van der Waals surface area contributed by atoms with Gasteiger partial charge in [-0.2, -0.15) is 0 Å². The number of nitrogens with one attached hydrogen (secondary N) is 2. The van der Waals surface area contributed by atoms with Crippen molar-refractivity contribution in [3.63, 3.8) is 0 Å². The standard InChI is InChI=1S/C43H57ClN4O10/c1-2-55-29-21-33-32(10-11-36(38(33)44)56-17-14-47-12-15-54-16-13-47)37(23-29)57-31-22-35-39(49)46-43(41(51)52)24-28(43)8-6-4-3-5-7-9-34(40(50)48(35)25-31)45-42(53)58-30-19-26-18-27(26)20-30/h10-11,21,23,26-28,30-31,34-35H,2-9,12-20,22,24-25H2,1H3,(H,45,53)(H,46,49)(H,51,52)/t26-,27+,28-,30?,31-,34+,35+,43-/m1/s1. The van der Waals surface area contributed by atoms with Crippen LogP contribution in [0.5, 0.6) is 17.2 Å². The zero-order valence-corrected chi connectivity index (χ0v) is 34.1. The maximum absolute atomic E-state index is 14.6. The smallest absolute Gasteiger partial charge is 0.408 e. The Morgan fingerprint density at radius 2 is 1.71 bits per heavy atom. The molecular formula is C43H57ClN4O10. The maximum Gasteiger partial charge on any atom is 0.408 e. The van der Waals surface area contributed by atoms with E-state index >= 15 is 0 Å². The molecule has 0 radical (unpaired) electrons. The zero-order valence-electron chi connectivity index (χ0n) is 33.4. The molecule has 2 aromatic rings. The van der Waals surface area contributed by atoms with Gasteiger partial charge in [0.05, 0.1) is 31.4 Å². The SMILES string of the molecule is CCOc1cc(O[C@@H]2C[C@H]3C(=O)N[C@]4(C(=O)O)C[C@H]4CCCCCCC[C@H](NC(=O)OC4C[C@@H]5C[C@@H]5C4)C(=O)N3C2)c2ccc(OCCN3CCOCC3)c(Cl)c2c1. The lowest BCUT2D eigenvalue weighted by Gasteiger charge is -2.29. The summed E-state index contributed by atoms with van der Waals surface area (Å²) in [6.07, 6.45) is 7.29. The van der Waals surface area contributed by atoms with Crippen molar-refractivity contribution < 1.29 is 48.0 Å². The van der Waals surface area contributed by atoms with Gasteiger partial charge in [-0.15, -0.1) is 0 Å². The fraction of sp³-hybridized carbons (Fsp3) is 0.674. The number of benzene rings is 2. The van der Waals surface area contributed by atoms with Gasteiger partial charge in [0.1, 0.15) is 53.7 Å². The monoisotopic (exact) mass is 824 g/mol. The largest absolute Gasteiger partial charge is 0.494 e. The number of rotatable bonds is 11. The highest BCUT2D eigenvalue weighted by molar-refractivity contribution is 6.37. The normalized spacial score (nSPS) is 31.5. The van der Waals surface area contributed by atoms with Crippen LogP contribution in [0.2, 0.25) is 5.02 Å². The van der Waals surface area contributed by atoms with E-state index in [1.807, 2.05) is 25.1 Å². The number of carboxylic acids is 1. The Morgan fingerprint density at radius 3 is 2.47 bits per heavy atom. The van der Waals surface area contributed by atoms with Crippen molar-refractivity contribution in [3.8, 4) is 17.2 Å². The second-order valence-corrected chi connectivity index (χ2v) is 17.5. The number of hydrogen-bond acceptors (Lipinski definition) is 10. The van der Waals surface area contributed by atoms with E-state index in [1.54, 1.807) is 6.07 Å². The number of halogens is 1. The highest BCUT2D eigenvalue weighted by Gasteiger charge is 2.62. The van der Waals surface area contributed by atoms with E-state index in [4.69, 9.17) is 35.3 Å². The van der Waals surface area contributed by atoms with Gasteiger partial charge >= 0.3 is 12.1 Å². The molecule has 8 rings (SSSR count). The first-order valence-electron chi connectivity index (χ1n) is 21.4. The first-order valence-corrected chi connectivity index (χ1v) is 21.8. The van der Waals surface area contributed by atoms with Crippen LogP contribution in [0.1, 0.15) is 84.0 Å². The molecule has 15 heteroatoms. The first-order chi connectivity index (χ1) is 28.1. The molecule has 3 heterocycles. The summed E-state index contributed by atoms with van der Waals surface area (Å²) in [4.78, 5) is 58.5. The van der Waals surface area contributed by atoms with Gasteiger partial charge in [0, 0.05) is 42.9 Å². The van der Waals surface area contributed by atoms with Gasteiger partial charge in [0.2, 0.25) is 11.8 Å². The quantitative estimate of drug-likeness (QED) is 0.260. The number of nitrogens with zero attached hydrogens (tertiary/aromatic N) is 2. The summed E-state index contributed by atoms with van der Waals surface area (Å²) < 4.78 is 30.0. The molecule has 6 fully saturated rings. The van der Waals surface area contributed by atoms with Crippen molar-refractivity contribution in [1.82, 2.24) is 20.4 Å². The zero-order chi connectivity index (χ0) is 40.4. The summed E-state index contributed by atoms with van der Waals surface area (Å²) in [5.74, 6) is 0.580. The van der Waals surface area contributed by atoms with Gasteiger partial charge in [-0.25, -0.2) is 9.59 Å². The lowest BCUT2D eigenvalue weighted by Crippen LogP contribution is -2.56. The lowest BCUT2D eigenvalue weighted by atomic mass is 10.0. The molecule has 0 aromatic heterocycles. The maximum atomic E-state index is 14.6. The van der Waals surface area contributed by atoms with E-state index in [1.165, 1.54) is 11.3 Å². The average Bonchev–Trinajstić information content (AvgIpc) is 4.01. The predicted molar refractivity (Wildman–Crippen MR) is 214 cm³/mol. The minimum atomic E-state index is -1.37. The molecule has 0 spiro atoms. The fourth-order valence-electron chi connectivity index (χ4n) is 9.70. The van der Waals surface area contributed by atoms with E-state index in [9.17, 15) is 24.3 Å². The third-order valence-electron chi connectivity index (χ3n) is 13.1. The summed E-state index contributed by atoms with van der Waals surface area (Å²) in [6.45, 7) is 6.63. The van der Waals surface area contributed by atoms with Gasteiger partial charge in [0.25, 0.3) is 0 Å². The van der Waals surface area contributed by atoms with E-state index in [2.05, 4.69) is 15.5 Å². The summed E-state index contributed by atoms with van der Waals surface area (Å²) in [6, 6.07) is 5.37. The van der Waals surface area contributed by atoms with Gasteiger partial charge < -0.3 is 44.3 Å². The Labute approximate surface area is 344 Å². The number of alkyl carbamates (subject to hydrolysis) is 1. The van der Waals surface area contributed by atoms with Crippen LogP contribution in [-0.4, -0.2) is 121 Å². The molecule has 3 saturated carbocycles. The van der Waals surface area contributed by atoms with Crippen LogP contribution in [0.3, 0.4) is 0 Å². The molecule has 2 aromatic carbocycles. The van der Waals surface area contributed by atoms with Crippen LogP contribution in [0.25, 0.3) is 10.8 Å². The summed E-state index contributed by atoms with van der Waals surface area (Å²) in [5, 5.41) is 17.8. The predicted octanol–water partition coefficient (Wildman–Crippen LogP) is 5.55. The van der Waals surface area contributed by atoms with Crippen molar-refractivity contribution in [2.45, 2.75) is 114 Å². The van der Waals surface area contributed by atoms with E-state index in [-0.39, 0.29) is 25.0 Å². The van der Waals surface area contributed by atoms with Gasteiger partial charge in [0.15, 0.2) is 0 Å². The molecule has 3 N–H and O–H groups in total. The highest BCUT2D eigenvalue weighted by atomic mass is 35.5. The number of fused-ring (bicyclic) bond motifs is 4. The summed E-state index contributed by atoms with van der Waals surface area (Å²) in [5.41, 5.74) is -1.37. The molecule has 3 saturated heterocycles. The summed E-state index contributed by atoms with van der Waals surface area (Å²) >= 11 is 7.00. The van der Waals surface area contributed by atoms with Crippen LogP contribution in [-0.2, 0) is 23.9 Å². The van der Waals surface area contributed by atoms with E-state index in [0.717, 1.165) is 58.2 Å². The number of hydrogen-bond donors (Lipinski definition) is 3. The Hall–Kier alpha value is -4.01. The number of ether oxygens (including phenoxy) is 5. The second kappa shape index (κ2) is 17.7. The number of amides is 3.